The van der Waals surface area contributed by atoms with Crippen molar-refractivity contribution in [3.05, 3.63) is 0 Å². The van der Waals surface area contributed by atoms with Gasteiger partial charge in [0.1, 0.15) is 0 Å². The molecular weight excluding hydrogens is 198 g/mol. The Balaban J connectivity index is 0.00000169. The minimum Gasteiger partial charge on any atom is -0.393 e. The Bertz CT molecular complexity index is 143. The second kappa shape index (κ2) is 7.49. The molecule has 0 amide bonds. The van der Waals surface area contributed by atoms with Crippen LogP contribution in [-0.2, 0) is 0 Å². The number of nitrogens with one attached hydrogen (secondary N) is 1. The van der Waals surface area contributed by atoms with Crippen molar-refractivity contribution in [3.8, 4) is 0 Å². The summed E-state index contributed by atoms with van der Waals surface area (Å²) in [5.41, 5.74) is 0. The number of aliphatic hydroxyl groups is 1. The van der Waals surface area contributed by atoms with Crippen molar-refractivity contribution >= 4 is 12.4 Å². The van der Waals surface area contributed by atoms with Gasteiger partial charge in [0, 0.05) is 12.6 Å². The molecule has 1 aliphatic rings. The van der Waals surface area contributed by atoms with E-state index in [0.29, 0.717) is 12.0 Å². The molecule has 0 radical (unpaired) electrons. The molecule has 0 aromatic heterocycles. The van der Waals surface area contributed by atoms with E-state index in [0.717, 1.165) is 13.0 Å². The highest BCUT2D eigenvalue weighted by molar-refractivity contribution is 5.85. The zero-order chi connectivity index (χ0) is 9.68. The van der Waals surface area contributed by atoms with E-state index in [1.54, 1.807) is 0 Å². The van der Waals surface area contributed by atoms with Crippen LogP contribution in [0.25, 0.3) is 0 Å². The molecule has 14 heavy (non-hydrogen) atoms. The summed E-state index contributed by atoms with van der Waals surface area (Å²) in [6.45, 7) is 5.39. The van der Waals surface area contributed by atoms with Gasteiger partial charge >= 0.3 is 0 Å². The first-order chi connectivity index (χ1) is 6.24. The molecule has 0 spiro atoms. The molecule has 1 fully saturated rings. The highest BCUT2D eigenvalue weighted by atomic mass is 35.5. The van der Waals surface area contributed by atoms with Crippen LogP contribution in [-0.4, -0.2) is 23.8 Å². The van der Waals surface area contributed by atoms with Crippen LogP contribution in [0.1, 0.15) is 46.0 Å². The maximum Gasteiger partial charge on any atom is 0.0580 e. The second-order valence-corrected chi connectivity index (χ2v) is 4.33. The summed E-state index contributed by atoms with van der Waals surface area (Å²) >= 11 is 0. The van der Waals surface area contributed by atoms with E-state index < -0.39 is 0 Å². The number of aliphatic hydroxyl groups excluding tert-OH is 1. The van der Waals surface area contributed by atoms with E-state index in [9.17, 15) is 5.11 Å². The summed E-state index contributed by atoms with van der Waals surface area (Å²) in [5, 5.41) is 13.2. The fraction of sp³-hybridized carbons (Fsp3) is 1.00. The van der Waals surface area contributed by atoms with Crippen LogP contribution < -0.4 is 5.32 Å². The molecule has 2 nitrogen and oxygen atoms in total. The largest absolute Gasteiger partial charge is 0.393 e. The molecule has 2 N–H and O–H groups in total. The molecular formula is C11H24ClNO. The molecule has 1 rings (SSSR count). The third kappa shape index (κ3) is 4.63. The lowest BCUT2D eigenvalue weighted by Crippen LogP contribution is -2.37. The van der Waals surface area contributed by atoms with Crippen LogP contribution in [0, 0.1) is 5.92 Å². The normalized spacial score (nSPS) is 29.4. The molecule has 0 heterocycles. The second-order valence-electron chi connectivity index (χ2n) is 4.33. The summed E-state index contributed by atoms with van der Waals surface area (Å²) in [5.74, 6) is 0.503. The predicted octanol–water partition coefficient (Wildman–Crippen LogP) is 2.35. The number of rotatable bonds is 4. The van der Waals surface area contributed by atoms with Gasteiger partial charge in [-0.1, -0.05) is 19.8 Å². The zero-order valence-corrected chi connectivity index (χ0v) is 10.1. The molecule has 0 aromatic carbocycles. The van der Waals surface area contributed by atoms with Crippen LogP contribution in [0.3, 0.4) is 0 Å². The smallest absolute Gasteiger partial charge is 0.0580 e. The van der Waals surface area contributed by atoms with Crippen molar-refractivity contribution in [1.82, 2.24) is 5.32 Å². The average molecular weight is 222 g/mol. The SMILES string of the molecule is CCC(C)NC[C@@H]1CCCC[C@@H]1O.Cl. The van der Waals surface area contributed by atoms with Crippen molar-refractivity contribution < 1.29 is 5.11 Å². The van der Waals surface area contributed by atoms with Crippen molar-refractivity contribution in [2.75, 3.05) is 6.54 Å². The van der Waals surface area contributed by atoms with Crippen molar-refractivity contribution in [2.45, 2.75) is 58.1 Å². The van der Waals surface area contributed by atoms with Gasteiger partial charge in [0.15, 0.2) is 0 Å². The van der Waals surface area contributed by atoms with Crippen LogP contribution in [0.4, 0.5) is 0 Å². The van der Waals surface area contributed by atoms with Gasteiger partial charge in [-0.15, -0.1) is 12.4 Å². The lowest BCUT2D eigenvalue weighted by Gasteiger charge is -2.28. The third-order valence-corrected chi connectivity index (χ3v) is 3.21. The topological polar surface area (TPSA) is 32.3 Å². The summed E-state index contributed by atoms with van der Waals surface area (Å²) in [6, 6.07) is 0.592. The van der Waals surface area contributed by atoms with Gasteiger partial charge in [-0.05, 0) is 32.1 Å². The molecule has 3 atom stereocenters. The fourth-order valence-electron chi connectivity index (χ4n) is 1.92. The van der Waals surface area contributed by atoms with E-state index in [4.69, 9.17) is 0 Å². The van der Waals surface area contributed by atoms with Gasteiger partial charge in [0.2, 0.25) is 0 Å². The third-order valence-electron chi connectivity index (χ3n) is 3.21. The molecule has 1 saturated carbocycles. The number of hydrogen-bond donors (Lipinski definition) is 2. The Morgan fingerprint density at radius 1 is 1.36 bits per heavy atom. The Morgan fingerprint density at radius 3 is 2.57 bits per heavy atom. The van der Waals surface area contributed by atoms with Gasteiger partial charge in [-0.2, -0.15) is 0 Å². The highest BCUT2D eigenvalue weighted by Gasteiger charge is 2.22. The monoisotopic (exact) mass is 221 g/mol. The van der Waals surface area contributed by atoms with E-state index in [-0.39, 0.29) is 18.5 Å². The molecule has 1 aliphatic carbocycles. The highest BCUT2D eigenvalue weighted by Crippen LogP contribution is 2.23. The lowest BCUT2D eigenvalue weighted by atomic mass is 9.86. The zero-order valence-electron chi connectivity index (χ0n) is 9.33. The molecule has 1 unspecified atom stereocenters. The molecule has 0 aliphatic heterocycles. The summed E-state index contributed by atoms with van der Waals surface area (Å²) in [6.07, 6.45) is 5.83. The summed E-state index contributed by atoms with van der Waals surface area (Å²) in [4.78, 5) is 0. The summed E-state index contributed by atoms with van der Waals surface area (Å²) < 4.78 is 0. The maximum atomic E-state index is 9.71. The first-order valence-corrected chi connectivity index (χ1v) is 5.65. The predicted molar refractivity (Wildman–Crippen MR) is 63.0 cm³/mol. The van der Waals surface area contributed by atoms with E-state index >= 15 is 0 Å². The van der Waals surface area contributed by atoms with Crippen molar-refractivity contribution in [1.29, 1.82) is 0 Å². The van der Waals surface area contributed by atoms with Gasteiger partial charge in [-0.25, -0.2) is 0 Å². The van der Waals surface area contributed by atoms with Gasteiger partial charge in [0.25, 0.3) is 0 Å². The Hall–Kier alpha value is 0.210. The van der Waals surface area contributed by atoms with E-state index in [1.807, 2.05) is 0 Å². The van der Waals surface area contributed by atoms with Gasteiger partial charge in [-0.3, -0.25) is 0 Å². The molecule has 3 heteroatoms. The minimum absolute atomic E-state index is 0. The van der Waals surface area contributed by atoms with Crippen molar-refractivity contribution in [2.24, 2.45) is 5.92 Å². The van der Waals surface area contributed by atoms with Crippen LogP contribution >= 0.6 is 12.4 Å². The number of halogens is 1. The molecule has 0 saturated heterocycles. The standard InChI is InChI=1S/C11H23NO.ClH/c1-3-9(2)12-8-10-6-4-5-7-11(10)13;/h9-13H,3-8H2,1-2H3;1H/t9?,10-,11-;/m0./s1. The minimum atomic E-state index is -0.0506. The number of hydrogen-bond acceptors (Lipinski definition) is 2. The van der Waals surface area contributed by atoms with Gasteiger partial charge < -0.3 is 10.4 Å². The average Bonchev–Trinajstić information content (AvgIpc) is 2.16. The summed E-state index contributed by atoms with van der Waals surface area (Å²) in [7, 11) is 0. The Labute approximate surface area is 93.9 Å². The van der Waals surface area contributed by atoms with Crippen LogP contribution in [0.5, 0.6) is 0 Å². The molecule has 0 bridgehead atoms. The Kier molecular flexibility index (Phi) is 7.61. The fourth-order valence-corrected chi connectivity index (χ4v) is 1.92. The molecule has 0 aromatic rings. The quantitative estimate of drug-likeness (QED) is 0.764. The van der Waals surface area contributed by atoms with Crippen LogP contribution in [0.2, 0.25) is 0 Å². The first-order valence-electron chi connectivity index (χ1n) is 5.65. The van der Waals surface area contributed by atoms with E-state index in [2.05, 4.69) is 19.2 Å². The maximum absolute atomic E-state index is 9.71. The van der Waals surface area contributed by atoms with Gasteiger partial charge in [0.05, 0.1) is 6.10 Å². The first kappa shape index (κ1) is 14.2. The Morgan fingerprint density at radius 2 is 2.00 bits per heavy atom. The van der Waals surface area contributed by atoms with Crippen LogP contribution in [0.15, 0.2) is 0 Å². The van der Waals surface area contributed by atoms with E-state index in [1.165, 1.54) is 25.7 Å². The van der Waals surface area contributed by atoms with Crippen molar-refractivity contribution in [3.63, 3.8) is 0 Å². The molecule has 86 valence electrons. The lowest BCUT2D eigenvalue weighted by molar-refractivity contribution is 0.0683.